The van der Waals surface area contributed by atoms with E-state index in [1.54, 1.807) is 6.92 Å². The number of Topliss-reactive ketones (excluding diaryl/α,β-unsaturated/α-hetero) is 1. The van der Waals surface area contributed by atoms with Gasteiger partial charge in [0, 0.05) is 5.92 Å². The first-order chi connectivity index (χ1) is 11.2. The molecule has 0 bridgehead atoms. The predicted molar refractivity (Wildman–Crippen MR) is 108 cm³/mol. The van der Waals surface area contributed by atoms with Crippen molar-refractivity contribution < 1.29 is 4.79 Å². The standard InChI is InChI=1S/C23H38O/c1-18(2)10-8-12-20(5)14-16-23(22(7)24)17-15-21(6)13-9-11-19(3)4/h10-11,14-15,23H,8-9,12-13,16-17H2,1-7H3. The Morgan fingerprint density at radius 2 is 1.04 bits per heavy atom. The smallest absolute Gasteiger partial charge is 0.133 e. The molecule has 0 aromatic heterocycles. The molecule has 0 heterocycles. The van der Waals surface area contributed by atoms with Crippen molar-refractivity contribution >= 4 is 5.78 Å². The van der Waals surface area contributed by atoms with Crippen LogP contribution in [-0.2, 0) is 4.79 Å². The monoisotopic (exact) mass is 330 g/mol. The zero-order chi connectivity index (χ0) is 18.5. The molecule has 0 spiro atoms. The average Bonchev–Trinajstić information content (AvgIpc) is 2.45. The van der Waals surface area contributed by atoms with E-state index in [1.807, 2.05) is 0 Å². The summed E-state index contributed by atoms with van der Waals surface area (Å²) in [6.07, 6.45) is 15.2. The van der Waals surface area contributed by atoms with Crippen LogP contribution in [0.25, 0.3) is 0 Å². The van der Waals surface area contributed by atoms with Gasteiger partial charge in [-0.3, -0.25) is 4.79 Å². The topological polar surface area (TPSA) is 17.1 Å². The van der Waals surface area contributed by atoms with Gasteiger partial charge in [-0.05, 0) is 87.0 Å². The van der Waals surface area contributed by atoms with Crippen LogP contribution in [0.2, 0.25) is 0 Å². The lowest BCUT2D eigenvalue weighted by atomic mass is 9.94. The largest absolute Gasteiger partial charge is 0.300 e. The molecule has 0 aromatic rings. The summed E-state index contributed by atoms with van der Waals surface area (Å²) in [6.45, 7) is 14.6. The van der Waals surface area contributed by atoms with Gasteiger partial charge < -0.3 is 0 Å². The third kappa shape index (κ3) is 13.1. The highest BCUT2D eigenvalue weighted by atomic mass is 16.1. The van der Waals surface area contributed by atoms with Gasteiger partial charge in [0.15, 0.2) is 0 Å². The van der Waals surface area contributed by atoms with Gasteiger partial charge in [-0.15, -0.1) is 0 Å². The maximum absolute atomic E-state index is 11.9. The molecule has 0 fully saturated rings. The van der Waals surface area contributed by atoms with Crippen LogP contribution in [0.3, 0.4) is 0 Å². The molecule has 136 valence electrons. The highest BCUT2D eigenvalue weighted by Crippen LogP contribution is 2.18. The minimum Gasteiger partial charge on any atom is -0.300 e. The molecule has 0 aliphatic heterocycles. The van der Waals surface area contributed by atoms with Gasteiger partial charge in [-0.1, -0.05) is 46.6 Å². The fourth-order valence-electron chi connectivity index (χ4n) is 2.50. The highest BCUT2D eigenvalue weighted by molar-refractivity contribution is 5.78. The van der Waals surface area contributed by atoms with E-state index in [4.69, 9.17) is 0 Å². The van der Waals surface area contributed by atoms with E-state index in [1.165, 1.54) is 22.3 Å². The highest BCUT2D eigenvalue weighted by Gasteiger charge is 2.11. The molecule has 0 aliphatic carbocycles. The van der Waals surface area contributed by atoms with Crippen LogP contribution in [0.5, 0.6) is 0 Å². The lowest BCUT2D eigenvalue weighted by Crippen LogP contribution is -2.09. The van der Waals surface area contributed by atoms with Crippen LogP contribution in [-0.4, -0.2) is 5.78 Å². The summed E-state index contributed by atoms with van der Waals surface area (Å²) in [5.74, 6) is 0.429. The number of carbonyl (C=O) groups excluding carboxylic acids is 1. The summed E-state index contributed by atoms with van der Waals surface area (Å²) in [5.41, 5.74) is 5.53. The third-order valence-electron chi connectivity index (χ3n) is 4.26. The molecule has 0 unspecified atom stereocenters. The second-order valence-electron chi connectivity index (χ2n) is 7.52. The number of ketones is 1. The van der Waals surface area contributed by atoms with Crippen LogP contribution in [0.4, 0.5) is 0 Å². The minimum atomic E-state index is 0.127. The summed E-state index contributed by atoms with van der Waals surface area (Å²) >= 11 is 0. The minimum absolute atomic E-state index is 0.127. The van der Waals surface area contributed by atoms with E-state index in [2.05, 4.69) is 65.8 Å². The van der Waals surface area contributed by atoms with Gasteiger partial charge in [0.25, 0.3) is 0 Å². The van der Waals surface area contributed by atoms with Crippen molar-refractivity contribution in [3.8, 4) is 0 Å². The van der Waals surface area contributed by atoms with Gasteiger partial charge >= 0.3 is 0 Å². The van der Waals surface area contributed by atoms with Crippen molar-refractivity contribution in [3.63, 3.8) is 0 Å². The van der Waals surface area contributed by atoms with Crippen molar-refractivity contribution in [1.82, 2.24) is 0 Å². The van der Waals surface area contributed by atoms with Crippen LogP contribution in [0.1, 0.15) is 87.0 Å². The second-order valence-corrected chi connectivity index (χ2v) is 7.52. The molecular formula is C23H38O. The lowest BCUT2D eigenvalue weighted by molar-refractivity contribution is -0.120. The maximum Gasteiger partial charge on any atom is 0.133 e. The normalized spacial score (nSPS) is 13.5. The molecule has 1 heteroatoms. The molecule has 0 aliphatic rings. The summed E-state index contributed by atoms with van der Waals surface area (Å²) < 4.78 is 0. The fourth-order valence-corrected chi connectivity index (χ4v) is 2.50. The molecule has 0 N–H and O–H groups in total. The number of hydrogen-bond donors (Lipinski definition) is 0. The molecule has 0 saturated carbocycles. The maximum atomic E-state index is 11.9. The van der Waals surface area contributed by atoms with Crippen molar-refractivity contribution in [2.24, 2.45) is 5.92 Å². The summed E-state index contributed by atoms with van der Waals surface area (Å²) in [7, 11) is 0. The van der Waals surface area contributed by atoms with Gasteiger partial charge in [-0.25, -0.2) is 0 Å². The van der Waals surface area contributed by atoms with Gasteiger partial charge in [0.2, 0.25) is 0 Å². The molecule has 0 amide bonds. The molecule has 0 aromatic carbocycles. The Balaban J connectivity index is 4.47. The van der Waals surface area contributed by atoms with Crippen LogP contribution in [0.15, 0.2) is 46.6 Å². The van der Waals surface area contributed by atoms with Gasteiger partial charge in [-0.2, -0.15) is 0 Å². The van der Waals surface area contributed by atoms with E-state index < -0.39 is 0 Å². The van der Waals surface area contributed by atoms with Crippen LogP contribution in [0, 0.1) is 5.92 Å². The second kappa shape index (κ2) is 13.0. The Bertz CT molecular complexity index is 452. The molecule has 1 nitrogen and oxygen atoms in total. The molecular weight excluding hydrogens is 292 g/mol. The van der Waals surface area contributed by atoms with Crippen molar-refractivity contribution in [2.45, 2.75) is 87.0 Å². The number of rotatable bonds is 11. The van der Waals surface area contributed by atoms with E-state index >= 15 is 0 Å². The third-order valence-corrected chi connectivity index (χ3v) is 4.26. The Labute approximate surface area is 150 Å². The zero-order valence-corrected chi connectivity index (χ0v) is 17.0. The van der Waals surface area contributed by atoms with Gasteiger partial charge in [0.05, 0.1) is 0 Å². The van der Waals surface area contributed by atoms with Crippen molar-refractivity contribution in [2.75, 3.05) is 0 Å². The first kappa shape index (κ1) is 22.6. The number of allylic oxidation sites excluding steroid dienone is 8. The molecule has 0 radical (unpaired) electrons. The Morgan fingerprint density at radius 3 is 1.33 bits per heavy atom. The van der Waals surface area contributed by atoms with Gasteiger partial charge in [0.1, 0.15) is 5.78 Å². The zero-order valence-electron chi connectivity index (χ0n) is 17.0. The van der Waals surface area contributed by atoms with E-state index in [-0.39, 0.29) is 5.92 Å². The van der Waals surface area contributed by atoms with E-state index in [9.17, 15) is 4.79 Å². The number of carbonyl (C=O) groups is 1. The summed E-state index contributed by atoms with van der Waals surface area (Å²) in [4.78, 5) is 11.9. The average molecular weight is 331 g/mol. The summed E-state index contributed by atoms with van der Waals surface area (Å²) in [5, 5.41) is 0. The number of hydrogen-bond acceptors (Lipinski definition) is 1. The van der Waals surface area contributed by atoms with E-state index in [0.717, 1.165) is 38.5 Å². The first-order valence-corrected chi connectivity index (χ1v) is 9.30. The molecule has 0 saturated heterocycles. The van der Waals surface area contributed by atoms with Crippen LogP contribution >= 0.6 is 0 Å². The molecule has 0 rings (SSSR count). The first-order valence-electron chi connectivity index (χ1n) is 9.30. The quantitative estimate of drug-likeness (QED) is 0.362. The lowest BCUT2D eigenvalue weighted by Gasteiger charge is -2.10. The van der Waals surface area contributed by atoms with Crippen molar-refractivity contribution in [3.05, 3.63) is 46.6 Å². The van der Waals surface area contributed by atoms with Crippen LogP contribution < -0.4 is 0 Å². The SMILES string of the molecule is CC(=O)C(CC=C(C)CCC=C(C)C)CC=C(C)CCC=C(C)C. The van der Waals surface area contributed by atoms with E-state index in [0.29, 0.717) is 5.78 Å². The summed E-state index contributed by atoms with van der Waals surface area (Å²) in [6, 6.07) is 0. The molecule has 0 atom stereocenters. The van der Waals surface area contributed by atoms with Crippen molar-refractivity contribution in [1.29, 1.82) is 0 Å². The fraction of sp³-hybridized carbons (Fsp3) is 0.609. The Kier molecular flexibility index (Phi) is 12.2. The Morgan fingerprint density at radius 1 is 0.667 bits per heavy atom. The predicted octanol–water partition coefficient (Wildman–Crippen LogP) is 7.36. The Hall–Kier alpha value is -1.37. The molecule has 24 heavy (non-hydrogen) atoms.